The zero-order valence-electron chi connectivity index (χ0n) is 14.1. The van der Waals surface area contributed by atoms with Crippen molar-refractivity contribution < 1.29 is 9.72 Å². The largest absolute Gasteiger partial charge is 0.333 e. The molecule has 0 saturated carbocycles. The average Bonchev–Trinajstić information content (AvgIpc) is 3.10. The third kappa shape index (κ3) is 3.39. The number of carbonyl (C=O) groups excluding carboxylic acids is 1. The summed E-state index contributed by atoms with van der Waals surface area (Å²) in [7, 11) is 0. The van der Waals surface area contributed by atoms with Crippen molar-refractivity contribution >= 4 is 34.4 Å². The molecule has 4 rings (SSSR count). The molecule has 8 nitrogen and oxygen atoms in total. The van der Waals surface area contributed by atoms with Crippen LogP contribution in [0.2, 0.25) is 5.02 Å². The van der Waals surface area contributed by atoms with Gasteiger partial charge in [-0.25, -0.2) is 9.50 Å². The minimum Gasteiger partial charge on any atom is -0.333 e. The van der Waals surface area contributed by atoms with E-state index in [4.69, 9.17) is 11.6 Å². The summed E-state index contributed by atoms with van der Waals surface area (Å²) in [6, 6.07) is 8.15. The quantitative estimate of drug-likeness (QED) is 0.511. The minimum absolute atomic E-state index is 0.0581. The van der Waals surface area contributed by atoms with Crippen LogP contribution in [0, 0.1) is 10.1 Å². The zero-order chi connectivity index (χ0) is 19.0. The van der Waals surface area contributed by atoms with Crippen LogP contribution < -0.4 is 0 Å². The number of amides is 1. The molecule has 27 heavy (non-hydrogen) atoms. The van der Waals surface area contributed by atoms with Crippen molar-refractivity contribution in [3.05, 3.63) is 75.2 Å². The minimum atomic E-state index is -0.410. The van der Waals surface area contributed by atoms with Crippen molar-refractivity contribution in [2.75, 3.05) is 13.1 Å². The van der Waals surface area contributed by atoms with E-state index in [1.807, 2.05) is 12.1 Å². The van der Waals surface area contributed by atoms with E-state index in [0.717, 1.165) is 11.1 Å². The van der Waals surface area contributed by atoms with Gasteiger partial charge in [0.2, 0.25) is 0 Å². The molecule has 0 bridgehead atoms. The maximum absolute atomic E-state index is 12.7. The van der Waals surface area contributed by atoms with Crippen molar-refractivity contribution in [3.63, 3.8) is 0 Å². The van der Waals surface area contributed by atoms with Gasteiger partial charge in [0, 0.05) is 37.5 Å². The second kappa shape index (κ2) is 6.81. The van der Waals surface area contributed by atoms with Crippen LogP contribution in [0.25, 0.3) is 11.2 Å². The maximum atomic E-state index is 12.7. The number of benzene rings is 1. The van der Waals surface area contributed by atoms with Crippen LogP contribution in [0.15, 0.2) is 48.8 Å². The van der Waals surface area contributed by atoms with E-state index < -0.39 is 4.92 Å². The Morgan fingerprint density at radius 3 is 2.89 bits per heavy atom. The van der Waals surface area contributed by atoms with Gasteiger partial charge in [0.15, 0.2) is 11.3 Å². The molecule has 1 aliphatic rings. The maximum Gasteiger partial charge on any atom is 0.274 e. The van der Waals surface area contributed by atoms with Gasteiger partial charge in [0.1, 0.15) is 0 Å². The zero-order valence-corrected chi connectivity index (χ0v) is 14.8. The van der Waals surface area contributed by atoms with Gasteiger partial charge in [-0.3, -0.25) is 14.9 Å². The van der Waals surface area contributed by atoms with E-state index in [9.17, 15) is 14.9 Å². The molecule has 0 radical (unpaired) electrons. The van der Waals surface area contributed by atoms with Gasteiger partial charge in [-0.15, -0.1) is 0 Å². The highest BCUT2D eigenvalue weighted by Gasteiger charge is 2.22. The summed E-state index contributed by atoms with van der Waals surface area (Å²) in [4.78, 5) is 29.1. The molecule has 2 aromatic heterocycles. The van der Waals surface area contributed by atoms with E-state index in [2.05, 4.69) is 10.1 Å². The molecule has 1 aliphatic heterocycles. The van der Waals surface area contributed by atoms with Crippen LogP contribution in [0.5, 0.6) is 0 Å². The molecule has 1 amide bonds. The molecule has 0 fully saturated rings. The lowest BCUT2D eigenvalue weighted by molar-refractivity contribution is -0.384. The second-order valence-corrected chi connectivity index (χ2v) is 6.58. The van der Waals surface area contributed by atoms with Crippen molar-refractivity contribution in [2.24, 2.45) is 0 Å². The van der Waals surface area contributed by atoms with Crippen LogP contribution >= 0.6 is 11.6 Å². The topological polar surface area (TPSA) is 93.6 Å². The number of halogens is 1. The molecule has 0 atom stereocenters. The Balaban J connectivity index is 1.53. The van der Waals surface area contributed by atoms with Crippen LogP contribution in [0.3, 0.4) is 0 Å². The van der Waals surface area contributed by atoms with E-state index in [1.54, 1.807) is 29.3 Å². The molecular formula is C18H14ClN5O3. The number of hydrogen-bond acceptors (Lipinski definition) is 5. The fourth-order valence-corrected chi connectivity index (χ4v) is 3.20. The number of nitrogens with zero attached hydrogens (tertiary/aromatic N) is 5. The Morgan fingerprint density at radius 1 is 1.30 bits per heavy atom. The Kier molecular flexibility index (Phi) is 4.33. The van der Waals surface area contributed by atoms with Crippen molar-refractivity contribution in [2.45, 2.75) is 6.42 Å². The summed E-state index contributed by atoms with van der Waals surface area (Å²) in [5.74, 6) is -0.189. The SMILES string of the molecule is O=C(c1cc2ncc(Cl)cn2n1)N1CC=C(c2cccc([N+](=O)[O-])c2)CC1. The highest BCUT2D eigenvalue weighted by atomic mass is 35.5. The monoisotopic (exact) mass is 383 g/mol. The smallest absolute Gasteiger partial charge is 0.274 e. The van der Waals surface area contributed by atoms with Crippen molar-refractivity contribution in [1.82, 2.24) is 19.5 Å². The standard InChI is InChI=1S/C18H14ClN5O3/c19-14-10-20-17-9-16(21-23(17)11-14)18(25)22-6-4-12(5-7-22)13-2-1-3-15(8-13)24(26)27/h1-4,8-11H,5-7H2. The van der Waals surface area contributed by atoms with Gasteiger partial charge in [0.05, 0.1) is 16.1 Å². The number of aromatic nitrogens is 3. The lowest BCUT2D eigenvalue weighted by Crippen LogP contribution is -2.34. The third-order valence-electron chi connectivity index (χ3n) is 4.43. The van der Waals surface area contributed by atoms with Crippen LogP contribution in [-0.2, 0) is 0 Å². The molecule has 0 spiro atoms. The lowest BCUT2D eigenvalue weighted by Gasteiger charge is -2.26. The summed E-state index contributed by atoms with van der Waals surface area (Å²) in [6.45, 7) is 0.925. The van der Waals surface area contributed by atoms with Crippen molar-refractivity contribution in [1.29, 1.82) is 0 Å². The number of non-ortho nitro benzene ring substituents is 1. The molecule has 0 N–H and O–H groups in total. The van der Waals surface area contributed by atoms with Crippen LogP contribution in [0.4, 0.5) is 5.69 Å². The Bertz CT molecular complexity index is 1090. The first kappa shape index (κ1) is 17.2. The fourth-order valence-electron chi connectivity index (χ4n) is 3.06. The van der Waals surface area contributed by atoms with Crippen molar-refractivity contribution in [3.8, 4) is 0 Å². The molecule has 9 heteroatoms. The van der Waals surface area contributed by atoms with E-state index in [0.29, 0.717) is 35.9 Å². The fraction of sp³-hybridized carbons (Fsp3) is 0.167. The molecule has 136 valence electrons. The highest BCUT2D eigenvalue weighted by Crippen LogP contribution is 2.26. The first-order chi connectivity index (χ1) is 13.0. The summed E-state index contributed by atoms with van der Waals surface area (Å²) < 4.78 is 1.48. The predicted octanol–water partition coefficient (Wildman–Crippen LogP) is 3.22. The summed E-state index contributed by atoms with van der Waals surface area (Å²) in [5.41, 5.74) is 2.71. The van der Waals surface area contributed by atoms with E-state index in [-0.39, 0.29) is 11.6 Å². The number of rotatable bonds is 3. The highest BCUT2D eigenvalue weighted by molar-refractivity contribution is 6.30. The average molecular weight is 384 g/mol. The molecule has 1 aromatic carbocycles. The normalized spacial score (nSPS) is 14.3. The first-order valence-electron chi connectivity index (χ1n) is 8.25. The number of nitro groups is 1. The van der Waals surface area contributed by atoms with E-state index in [1.165, 1.54) is 16.8 Å². The number of hydrogen-bond donors (Lipinski definition) is 0. The lowest BCUT2D eigenvalue weighted by atomic mass is 9.99. The molecule has 3 aromatic rings. The number of fused-ring (bicyclic) bond motifs is 1. The Hall–Kier alpha value is -3.26. The van der Waals surface area contributed by atoms with Gasteiger partial charge >= 0.3 is 0 Å². The summed E-state index contributed by atoms with van der Waals surface area (Å²) >= 11 is 5.89. The molecular weight excluding hydrogens is 370 g/mol. The number of nitro benzene ring substituents is 1. The molecule has 0 unspecified atom stereocenters. The predicted molar refractivity (Wildman–Crippen MR) is 99.6 cm³/mol. The molecule has 0 saturated heterocycles. The van der Waals surface area contributed by atoms with Gasteiger partial charge in [-0.05, 0) is 17.6 Å². The molecule has 3 heterocycles. The first-order valence-corrected chi connectivity index (χ1v) is 8.63. The van der Waals surface area contributed by atoms with Gasteiger partial charge in [0.25, 0.3) is 11.6 Å². The Labute approximate surface area is 158 Å². The molecule has 0 aliphatic carbocycles. The van der Waals surface area contributed by atoms with Gasteiger partial charge in [-0.2, -0.15) is 5.10 Å². The summed E-state index contributed by atoms with van der Waals surface area (Å²) in [5, 5.41) is 15.6. The van der Waals surface area contributed by atoms with Gasteiger partial charge in [-0.1, -0.05) is 29.8 Å². The second-order valence-electron chi connectivity index (χ2n) is 6.14. The van der Waals surface area contributed by atoms with Crippen LogP contribution in [0.1, 0.15) is 22.5 Å². The third-order valence-corrected chi connectivity index (χ3v) is 4.62. The Morgan fingerprint density at radius 2 is 2.15 bits per heavy atom. The van der Waals surface area contributed by atoms with Gasteiger partial charge < -0.3 is 4.90 Å². The summed E-state index contributed by atoms with van der Waals surface area (Å²) in [6.07, 6.45) is 5.63. The van der Waals surface area contributed by atoms with E-state index >= 15 is 0 Å². The number of carbonyl (C=O) groups is 1. The van der Waals surface area contributed by atoms with Crippen LogP contribution in [-0.4, -0.2) is 43.4 Å².